The van der Waals surface area contributed by atoms with Crippen LogP contribution in [0.4, 0.5) is 19.0 Å². The first-order valence-electron chi connectivity index (χ1n) is 9.24. The third-order valence-electron chi connectivity index (χ3n) is 5.14. The maximum absolute atomic E-state index is 12.9. The average Bonchev–Trinajstić information content (AvgIpc) is 3.15. The van der Waals surface area contributed by atoms with Crippen molar-refractivity contribution < 1.29 is 23.0 Å². The van der Waals surface area contributed by atoms with Crippen LogP contribution in [0.25, 0.3) is 22.0 Å². The Morgan fingerprint density at radius 2 is 2.00 bits per heavy atom. The van der Waals surface area contributed by atoms with Gasteiger partial charge in [0.1, 0.15) is 16.8 Å². The van der Waals surface area contributed by atoms with Gasteiger partial charge in [-0.1, -0.05) is 12.1 Å². The van der Waals surface area contributed by atoms with Crippen molar-refractivity contribution in [3.05, 3.63) is 52.7 Å². The van der Waals surface area contributed by atoms with Crippen LogP contribution in [0.5, 0.6) is 0 Å². The Morgan fingerprint density at radius 1 is 1.27 bits per heavy atom. The molecule has 0 unspecified atom stereocenters. The third-order valence-corrected chi connectivity index (χ3v) is 5.14. The first-order valence-corrected chi connectivity index (χ1v) is 9.24. The Morgan fingerprint density at radius 3 is 2.63 bits per heavy atom. The average molecular weight is 420 g/mol. The SMILES string of the molecule is Cn1cnc2c(-c3ccc(C(F)(F)F)cc3)cnc(NC[C@@]3(O)CCOC3)c2c1=O. The van der Waals surface area contributed by atoms with Crippen molar-refractivity contribution in [2.24, 2.45) is 7.05 Å². The van der Waals surface area contributed by atoms with Gasteiger partial charge in [-0.2, -0.15) is 13.2 Å². The quantitative estimate of drug-likeness (QED) is 0.675. The van der Waals surface area contributed by atoms with Crippen molar-refractivity contribution in [1.82, 2.24) is 14.5 Å². The smallest absolute Gasteiger partial charge is 0.386 e. The van der Waals surface area contributed by atoms with Gasteiger partial charge in [-0.15, -0.1) is 0 Å². The number of alkyl halides is 3. The van der Waals surface area contributed by atoms with E-state index in [1.54, 1.807) is 7.05 Å². The Hall–Kier alpha value is -2.98. The van der Waals surface area contributed by atoms with E-state index in [9.17, 15) is 23.1 Å². The first-order chi connectivity index (χ1) is 14.2. The highest BCUT2D eigenvalue weighted by molar-refractivity contribution is 5.98. The molecule has 158 valence electrons. The molecule has 1 aromatic carbocycles. The molecule has 0 spiro atoms. The molecule has 3 aromatic rings. The molecule has 0 bridgehead atoms. The number of aryl methyl sites for hydroxylation is 1. The summed E-state index contributed by atoms with van der Waals surface area (Å²) in [6.45, 7) is 0.757. The maximum Gasteiger partial charge on any atom is 0.416 e. The number of nitrogens with one attached hydrogen (secondary N) is 1. The number of rotatable bonds is 4. The molecule has 0 radical (unpaired) electrons. The molecule has 1 fully saturated rings. The number of aromatic nitrogens is 3. The molecule has 0 amide bonds. The van der Waals surface area contributed by atoms with Crippen LogP contribution in [0, 0.1) is 0 Å². The molecule has 4 rings (SSSR count). The first kappa shape index (κ1) is 20.3. The molecule has 10 heteroatoms. The molecule has 0 saturated carbocycles. The van der Waals surface area contributed by atoms with Crippen LogP contribution in [0.2, 0.25) is 0 Å². The number of fused-ring (bicyclic) bond motifs is 1. The molecule has 2 N–H and O–H groups in total. The third kappa shape index (κ3) is 3.75. The minimum Gasteiger partial charge on any atom is -0.386 e. The van der Waals surface area contributed by atoms with Gasteiger partial charge in [-0.25, -0.2) is 9.97 Å². The van der Waals surface area contributed by atoms with Crippen LogP contribution >= 0.6 is 0 Å². The minimum atomic E-state index is -4.44. The maximum atomic E-state index is 12.9. The zero-order valence-electron chi connectivity index (χ0n) is 16.0. The molecule has 1 aliphatic heterocycles. The number of aliphatic hydroxyl groups is 1. The van der Waals surface area contributed by atoms with E-state index in [1.165, 1.54) is 29.2 Å². The van der Waals surface area contributed by atoms with Crippen molar-refractivity contribution in [3.63, 3.8) is 0 Å². The highest BCUT2D eigenvalue weighted by Gasteiger charge is 2.32. The fourth-order valence-corrected chi connectivity index (χ4v) is 3.38. The van der Waals surface area contributed by atoms with Crippen molar-refractivity contribution in [2.45, 2.75) is 18.2 Å². The molecular weight excluding hydrogens is 401 g/mol. The highest BCUT2D eigenvalue weighted by atomic mass is 19.4. The summed E-state index contributed by atoms with van der Waals surface area (Å²) in [4.78, 5) is 21.4. The van der Waals surface area contributed by atoms with Gasteiger partial charge in [0.15, 0.2) is 0 Å². The second kappa shape index (κ2) is 7.37. The van der Waals surface area contributed by atoms with Crippen LogP contribution < -0.4 is 10.9 Å². The lowest BCUT2D eigenvalue weighted by Crippen LogP contribution is -2.37. The van der Waals surface area contributed by atoms with E-state index in [4.69, 9.17) is 4.74 Å². The van der Waals surface area contributed by atoms with Crippen LogP contribution in [0.1, 0.15) is 12.0 Å². The Labute approximate surface area is 169 Å². The van der Waals surface area contributed by atoms with Crippen LogP contribution in [-0.4, -0.2) is 45.0 Å². The van der Waals surface area contributed by atoms with Gasteiger partial charge in [0, 0.05) is 38.4 Å². The molecule has 30 heavy (non-hydrogen) atoms. The van der Waals surface area contributed by atoms with E-state index in [1.807, 2.05) is 0 Å². The van der Waals surface area contributed by atoms with E-state index in [2.05, 4.69) is 15.3 Å². The summed E-state index contributed by atoms with van der Waals surface area (Å²) in [5.74, 6) is 0.245. The Balaban J connectivity index is 1.77. The normalized spacial score (nSPS) is 19.4. The van der Waals surface area contributed by atoms with E-state index < -0.39 is 17.3 Å². The summed E-state index contributed by atoms with van der Waals surface area (Å²) in [7, 11) is 1.54. The second-order valence-corrected chi connectivity index (χ2v) is 7.36. The number of halogens is 3. The van der Waals surface area contributed by atoms with Gasteiger partial charge in [0.2, 0.25) is 0 Å². The molecule has 2 aromatic heterocycles. The summed E-state index contributed by atoms with van der Waals surface area (Å²) in [6, 6.07) is 4.60. The van der Waals surface area contributed by atoms with E-state index in [0.29, 0.717) is 29.7 Å². The predicted octanol–water partition coefficient (Wildman–Crippen LogP) is 2.58. The van der Waals surface area contributed by atoms with Gasteiger partial charge in [-0.05, 0) is 17.7 Å². The number of nitrogens with zero attached hydrogens (tertiary/aromatic N) is 3. The summed E-state index contributed by atoms with van der Waals surface area (Å²) < 4.78 is 45.1. The standard InChI is InChI=1S/C20H19F3N4O3/c1-27-11-26-16-14(12-2-4-13(5-3-12)20(21,22)23)8-24-17(15(16)18(27)28)25-9-19(29)6-7-30-10-19/h2-5,8,11,29H,6-7,9-10H2,1H3,(H,24,25)/t19-/m0/s1. The van der Waals surface area contributed by atoms with Crippen molar-refractivity contribution in [1.29, 1.82) is 0 Å². The van der Waals surface area contributed by atoms with Crippen molar-refractivity contribution >= 4 is 16.7 Å². The van der Waals surface area contributed by atoms with Crippen molar-refractivity contribution in [3.8, 4) is 11.1 Å². The van der Waals surface area contributed by atoms with Gasteiger partial charge < -0.3 is 19.7 Å². The lowest BCUT2D eigenvalue weighted by Gasteiger charge is -2.21. The minimum absolute atomic E-state index is 0.132. The van der Waals surface area contributed by atoms with Crippen LogP contribution in [-0.2, 0) is 18.0 Å². The summed E-state index contributed by atoms with van der Waals surface area (Å²) in [6.07, 6.45) is -1.18. The fourth-order valence-electron chi connectivity index (χ4n) is 3.38. The van der Waals surface area contributed by atoms with Crippen molar-refractivity contribution in [2.75, 3.05) is 25.1 Å². The van der Waals surface area contributed by atoms with Crippen LogP contribution in [0.15, 0.2) is 41.6 Å². The highest BCUT2D eigenvalue weighted by Crippen LogP contribution is 2.33. The molecule has 7 nitrogen and oxygen atoms in total. The molecule has 1 atom stereocenters. The van der Waals surface area contributed by atoms with Gasteiger partial charge in [-0.3, -0.25) is 4.79 Å². The number of anilines is 1. The Bertz CT molecular complexity index is 1140. The van der Waals surface area contributed by atoms with Crippen LogP contribution in [0.3, 0.4) is 0 Å². The largest absolute Gasteiger partial charge is 0.416 e. The number of pyridine rings is 1. The zero-order chi connectivity index (χ0) is 21.5. The zero-order valence-corrected chi connectivity index (χ0v) is 16.0. The van der Waals surface area contributed by atoms with E-state index in [-0.39, 0.29) is 29.9 Å². The number of hydrogen-bond acceptors (Lipinski definition) is 6. The number of benzene rings is 1. The number of ether oxygens (including phenoxy) is 1. The second-order valence-electron chi connectivity index (χ2n) is 7.36. The topological polar surface area (TPSA) is 89.3 Å². The molecule has 3 heterocycles. The Kier molecular flexibility index (Phi) is 4.99. The molecule has 1 aliphatic rings. The van der Waals surface area contributed by atoms with Gasteiger partial charge >= 0.3 is 6.18 Å². The van der Waals surface area contributed by atoms with Gasteiger partial charge in [0.05, 0.1) is 24.0 Å². The lowest BCUT2D eigenvalue weighted by atomic mass is 10.0. The van der Waals surface area contributed by atoms with Gasteiger partial charge in [0.25, 0.3) is 5.56 Å². The summed E-state index contributed by atoms with van der Waals surface area (Å²) in [5.41, 5.74) is -0.991. The van der Waals surface area contributed by atoms with E-state index >= 15 is 0 Å². The monoisotopic (exact) mass is 420 g/mol. The van der Waals surface area contributed by atoms with E-state index in [0.717, 1.165) is 12.1 Å². The fraction of sp³-hybridized carbons (Fsp3) is 0.350. The molecule has 1 saturated heterocycles. The molecular formula is C20H19F3N4O3. The predicted molar refractivity (Wildman–Crippen MR) is 104 cm³/mol. The summed E-state index contributed by atoms with van der Waals surface area (Å²) >= 11 is 0. The summed E-state index contributed by atoms with van der Waals surface area (Å²) in [5, 5.41) is 13.7. The molecule has 0 aliphatic carbocycles. The number of hydrogen-bond donors (Lipinski definition) is 2. The lowest BCUT2D eigenvalue weighted by molar-refractivity contribution is -0.137.